The Morgan fingerprint density at radius 1 is 0.906 bits per heavy atom. The summed E-state index contributed by atoms with van der Waals surface area (Å²) < 4.78 is 2.14. The number of aromatic nitrogens is 4. The van der Waals surface area contributed by atoms with Gasteiger partial charge in [-0.3, -0.25) is 4.79 Å². The second kappa shape index (κ2) is 8.61. The number of nitrogens with zero attached hydrogens (tertiary/aromatic N) is 7. The molecule has 3 aromatic rings. The quantitative estimate of drug-likeness (QED) is 0.633. The zero-order valence-corrected chi connectivity index (χ0v) is 18.7. The van der Waals surface area contributed by atoms with E-state index in [4.69, 9.17) is 4.98 Å². The number of amides is 1. The average Bonchev–Trinajstić information content (AvgIpc) is 3.24. The number of fused-ring (bicyclic) bond motifs is 1. The highest BCUT2D eigenvalue weighted by Gasteiger charge is 2.32. The number of rotatable bonds is 4. The lowest BCUT2D eigenvalue weighted by Gasteiger charge is -2.36. The molecule has 166 valence electrons. The van der Waals surface area contributed by atoms with Crippen molar-refractivity contribution in [3.05, 3.63) is 66.0 Å². The van der Waals surface area contributed by atoms with E-state index in [9.17, 15) is 4.79 Å². The van der Waals surface area contributed by atoms with Crippen LogP contribution in [0.3, 0.4) is 0 Å². The van der Waals surface area contributed by atoms with Gasteiger partial charge in [0.2, 0.25) is 5.95 Å². The second-order valence-electron chi connectivity index (χ2n) is 8.63. The SMILES string of the molecule is CC(C)n1c(C(=O)N2CCN(c3ccccc3)CC2)nc2c1CCN(c1ncccn1)C2. The molecule has 0 bridgehead atoms. The van der Waals surface area contributed by atoms with Crippen LogP contribution in [0.25, 0.3) is 0 Å². The predicted molar refractivity (Wildman–Crippen MR) is 124 cm³/mol. The number of piperazine rings is 1. The van der Waals surface area contributed by atoms with E-state index < -0.39 is 0 Å². The molecule has 0 radical (unpaired) electrons. The van der Waals surface area contributed by atoms with Crippen LogP contribution < -0.4 is 9.80 Å². The van der Waals surface area contributed by atoms with Crippen molar-refractivity contribution in [1.82, 2.24) is 24.4 Å². The molecule has 0 unspecified atom stereocenters. The normalized spacial score (nSPS) is 16.4. The monoisotopic (exact) mass is 431 g/mol. The van der Waals surface area contributed by atoms with Crippen molar-refractivity contribution in [1.29, 1.82) is 0 Å². The Balaban J connectivity index is 1.35. The summed E-state index contributed by atoms with van der Waals surface area (Å²) in [6, 6.07) is 12.4. The molecule has 2 aliphatic rings. The largest absolute Gasteiger partial charge is 0.368 e. The molecule has 1 fully saturated rings. The van der Waals surface area contributed by atoms with E-state index in [2.05, 4.69) is 62.4 Å². The van der Waals surface area contributed by atoms with Gasteiger partial charge in [-0.1, -0.05) is 18.2 Å². The van der Waals surface area contributed by atoms with Crippen LogP contribution in [0.4, 0.5) is 11.6 Å². The predicted octanol–water partition coefficient (Wildman–Crippen LogP) is 2.78. The van der Waals surface area contributed by atoms with Crippen LogP contribution in [-0.2, 0) is 13.0 Å². The summed E-state index contributed by atoms with van der Waals surface area (Å²) >= 11 is 0. The minimum absolute atomic E-state index is 0.0309. The number of para-hydroxylation sites is 1. The summed E-state index contributed by atoms with van der Waals surface area (Å²) in [4.78, 5) is 33.6. The lowest BCUT2D eigenvalue weighted by molar-refractivity contribution is 0.0727. The summed E-state index contributed by atoms with van der Waals surface area (Å²) in [6.07, 6.45) is 4.34. The average molecular weight is 432 g/mol. The lowest BCUT2D eigenvalue weighted by atomic mass is 10.1. The fourth-order valence-electron chi connectivity index (χ4n) is 4.69. The topological polar surface area (TPSA) is 70.4 Å². The van der Waals surface area contributed by atoms with Crippen molar-refractivity contribution in [2.75, 3.05) is 42.5 Å². The Hall–Kier alpha value is -3.42. The number of imidazole rings is 1. The first kappa shape index (κ1) is 20.5. The molecule has 0 atom stereocenters. The van der Waals surface area contributed by atoms with Gasteiger partial charge in [-0.25, -0.2) is 15.0 Å². The molecular weight excluding hydrogens is 402 g/mol. The lowest BCUT2D eigenvalue weighted by Crippen LogP contribution is -2.49. The van der Waals surface area contributed by atoms with E-state index in [1.54, 1.807) is 12.4 Å². The zero-order valence-electron chi connectivity index (χ0n) is 18.7. The number of hydrogen-bond donors (Lipinski definition) is 0. The third-order valence-electron chi connectivity index (χ3n) is 6.28. The Bertz CT molecular complexity index is 1070. The van der Waals surface area contributed by atoms with Gasteiger partial charge in [-0.05, 0) is 32.0 Å². The van der Waals surface area contributed by atoms with Crippen molar-refractivity contribution in [3.8, 4) is 0 Å². The summed E-state index contributed by atoms with van der Waals surface area (Å²) in [6.45, 7) is 8.76. The molecule has 1 aromatic carbocycles. The first-order valence-electron chi connectivity index (χ1n) is 11.3. The number of carbonyl (C=O) groups is 1. The Labute approximate surface area is 188 Å². The van der Waals surface area contributed by atoms with Crippen molar-refractivity contribution >= 4 is 17.5 Å². The van der Waals surface area contributed by atoms with E-state index >= 15 is 0 Å². The molecule has 8 nitrogen and oxygen atoms in total. The van der Waals surface area contributed by atoms with Crippen molar-refractivity contribution in [3.63, 3.8) is 0 Å². The standard InChI is InChI=1S/C24H29N7O/c1-18(2)31-21-9-12-30(24-25-10-6-11-26-24)17-20(21)27-22(31)23(32)29-15-13-28(14-16-29)19-7-4-3-5-8-19/h3-8,10-11,18H,9,12-17H2,1-2H3. The number of hydrogen-bond acceptors (Lipinski definition) is 6. The van der Waals surface area contributed by atoms with Crippen LogP contribution in [0.5, 0.6) is 0 Å². The van der Waals surface area contributed by atoms with Crippen molar-refractivity contribution in [2.24, 2.45) is 0 Å². The number of benzene rings is 1. The fourth-order valence-corrected chi connectivity index (χ4v) is 4.69. The molecular formula is C24H29N7O. The van der Waals surface area contributed by atoms with E-state index in [-0.39, 0.29) is 11.9 Å². The van der Waals surface area contributed by atoms with Gasteiger partial charge in [0.15, 0.2) is 5.82 Å². The van der Waals surface area contributed by atoms with E-state index in [0.29, 0.717) is 31.4 Å². The third-order valence-corrected chi connectivity index (χ3v) is 6.28. The first-order valence-corrected chi connectivity index (χ1v) is 11.3. The summed E-state index contributed by atoms with van der Waals surface area (Å²) in [5.74, 6) is 1.31. The van der Waals surface area contributed by atoms with Gasteiger partial charge in [-0.15, -0.1) is 0 Å². The third kappa shape index (κ3) is 3.81. The smallest absolute Gasteiger partial charge is 0.290 e. The zero-order chi connectivity index (χ0) is 22.1. The van der Waals surface area contributed by atoms with Gasteiger partial charge in [0.05, 0.1) is 12.2 Å². The minimum Gasteiger partial charge on any atom is -0.368 e. The first-order chi connectivity index (χ1) is 15.6. The molecule has 0 spiro atoms. The summed E-state index contributed by atoms with van der Waals surface area (Å²) in [7, 11) is 0. The van der Waals surface area contributed by atoms with Crippen LogP contribution in [0.2, 0.25) is 0 Å². The van der Waals surface area contributed by atoms with Crippen LogP contribution >= 0.6 is 0 Å². The van der Waals surface area contributed by atoms with Gasteiger partial charge >= 0.3 is 0 Å². The maximum atomic E-state index is 13.5. The van der Waals surface area contributed by atoms with Gasteiger partial charge in [-0.2, -0.15) is 0 Å². The molecule has 8 heteroatoms. The number of anilines is 2. The highest BCUT2D eigenvalue weighted by Crippen LogP contribution is 2.27. The van der Waals surface area contributed by atoms with Crippen molar-refractivity contribution in [2.45, 2.75) is 32.9 Å². The van der Waals surface area contributed by atoms with E-state index in [1.807, 2.05) is 17.0 Å². The molecule has 2 aliphatic heterocycles. The molecule has 0 N–H and O–H groups in total. The van der Waals surface area contributed by atoms with Crippen LogP contribution in [0.15, 0.2) is 48.8 Å². The molecule has 1 saturated heterocycles. The van der Waals surface area contributed by atoms with Gasteiger partial charge in [0.1, 0.15) is 0 Å². The van der Waals surface area contributed by atoms with Crippen molar-refractivity contribution < 1.29 is 4.79 Å². The highest BCUT2D eigenvalue weighted by molar-refractivity contribution is 5.91. The molecule has 4 heterocycles. The molecule has 1 amide bonds. The van der Waals surface area contributed by atoms with Crippen LogP contribution in [0, 0.1) is 0 Å². The Morgan fingerprint density at radius 3 is 2.31 bits per heavy atom. The molecule has 5 rings (SSSR count). The van der Waals surface area contributed by atoms with Crippen LogP contribution in [0.1, 0.15) is 41.9 Å². The summed E-state index contributed by atoms with van der Waals surface area (Å²) in [5, 5.41) is 0. The van der Waals surface area contributed by atoms with Gasteiger partial charge in [0.25, 0.3) is 5.91 Å². The highest BCUT2D eigenvalue weighted by atomic mass is 16.2. The van der Waals surface area contributed by atoms with E-state index in [0.717, 1.165) is 31.7 Å². The maximum Gasteiger partial charge on any atom is 0.290 e. The second-order valence-corrected chi connectivity index (χ2v) is 8.63. The molecule has 2 aromatic heterocycles. The Kier molecular flexibility index (Phi) is 5.51. The molecule has 0 aliphatic carbocycles. The van der Waals surface area contributed by atoms with E-state index in [1.165, 1.54) is 11.4 Å². The minimum atomic E-state index is 0.0309. The van der Waals surface area contributed by atoms with Crippen LogP contribution in [-0.4, -0.2) is 63.0 Å². The summed E-state index contributed by atoms with van der Waals surface area (Å²) in [5.41, 5.74) is 3.34. The fraction of sp³-hybridized carbons (Fsp3) is 0.417. The Morgan fingerprint density at radius 2 is 1.62 bits per heavy atom. The molecule has 0 saturated carbocycles. The van der Waals surface area contributed by atoms with Gasteiger partial charge < -0.3 is 19.3 Å². The van der Waals surface area contributed by atoms with Gasteiger partial charge in [0, 0.05) is 69.0 Å². The number of carbonyl (C=O) groups excluding carboxylic acids is 1. The maximum absolute atomic E-state index is 13.5. The molecule has 32 heavy (non-hydrogen) atoms.